The molecule has 1 atom stereocenters. The molecule has 2 heterocycles. The normalized spacial score (nSPS) is 20.2. The van der Waals surface area contributed by atoms with E-state index in [2.05, 4.69) is 27.5 Å². The number of nitrogens with zero attached hydrogens (tertiary/aromatic N) is 2. The van der Waals surface area contributed by atoms with Crippen LogP contribution in [0.3, 0.4) is 0 Å². The standard InChI is InChI=1S/C15H18FN3S/c1-11-8-19(7-6-17-11)9-14-10-20-15(18-14)12-2-4-13(16)5-3-12/h2-5,10-11,17H,6-9H2,1H3/t11-/m1/s1. The van der Waals surface area contributed by atoms with Gasteiger partial charge in [0.05, 0.1) is 5.69 Å². The average Bonchev–Trinajstić information content (AvgIpc) is 2.88. The third kappa shape index (κ3) is 3.23. The summed E-state index contributed by atoms with van der Waals surface area (Å²) in [6.07, 6.45) is 0. The van der Waals surface area contributed by atoms with Gasteiger partial charge in [-0.05, 0) is 31.2 Å². The number of thiazole rings is 1. The lowest BCUT2D eigenvalue weighted by Gasteiger charge is -2.31. The minimum Gasteiger partial charge on any atom is -0.312 e. The first-order chi connectivity index (χ1) is 9.70. The highest BCUT2D eigenvalue weighted by molar-refractivity contribution is 7.13. The monoisotopic (exact) mass is 291 g/mol. The Bertz CT molecular complexity index is 567. The molecule has 5 heteroatoms. The highest BCUT2D eigenvalue weighted by Crippen LogP contribution is 2.24. The summed E-state index contributed by atoms with van der Waals surface area (Å²) in [7, 11) is 0. The van der Waals surface area contributed by atoms with Crippen molar-refractivity contribution in [2.75, 3.05) is 19.6 Å². The Kier molecular flexibility index (Phi) is 4.10. The van der Waals surface area contributed by atoms with Crippen molar-refractivity contribution in [3.05, 3.63) is 41.2 Å². The fraction of sp³-hybridized carbons (Fsp3) is 0.400. The third-order valence-corrected chi connectivity index (χ3v) is 4.42. The van der Waals surface area contributed by atoms with E-state index in [-0.39, 0.29) is 5.82 Å². The summed E-state index contributed by atoms with van der Waals surface area (Å²) >= 11 is 1.62. The molecule has 1 aliphatic rings. The molecule has 2 aromatic rings. The second-order valence-electron chi connectivity index (χ2n) is 5.24. The highest BCUT2D eigenvalue weighted by atomic mass is 32.1. The van der Waals surface area contributed by atoms with Crippen molar-refractivity contribution in [2.45, 2.75) is 19.5 Å². The van der Waals surface area contributed by atoms with Gasteiger partial charge in [-0.15, -0.1) is 11.3 Å². The number of halogens is 1. The Morgan fingerprint density at radius 1 is 1.40 bits per heavy atom. The number of hydrogen-bond acceptors (Lipinski definition) is 4. The summed E-state index contributed by atoms with van der Waals surface area (Å²) in [5, 5.41) is 6.50. The molecule has 1 aromatic carbocycles. The van der Waals surface area contributed by atoms with Gasteiger partial charge < -0.3 is 5.32 Å². The molecule has 0 bridgehead atoms. The molecule has 20 heavy (non-hydrogen) atoms. The van der Waals surface area contributed by atoms with Crippen LogP contribution in [0.25, 0.3) is 10.6 Å². The summed E-state index contributed by atoms with van der Waals surface area (Å²) in [5.74, 6) is -0.208. The molecular weight excluding hydrogens is 273 g/mol. The Labute approximate surface area is 122 Å². The zero-order chi connectivity index (χ0) is 13.9. The van der Waals surface area contributed by atoms with Gasteiger partial charge in [0.15, 0.2) is 0 Å². The molecule has 1 N–H and O–H groups in total. The molecular formula is C15H18FN3S. The van der Waals surface area contributed by atoms with Gasteiger partial charge in [0.25, 0.3) is 0 Å². The van der Waals surface area contributed by atoms with Crippen LogP contribution in [-0.4, -0.2) is 35.6 Å². The number of aromatic nitrogens is 1. The summed E-state index contributed by atoms with van der Waals surface area (Å²) in [4.78, 5) is 7.08. The zero-order valence-electron chi connectivity index (χ0n) is 11.5. The predicted octanol–water partition coefficient (Wildman–Crippen LogP) is 2.74. The van der Waals surface area contributed by atoms with Crippen molar-refractivity contribution in [1.82, 2.24) is 15.2 Å². The van der Waals surface area contributed by atoms with Crippen molar-refractivity contribution in [1.29, 1.82) is 0 Å². The van der Waals surface area contributed by atoms with E-state index in [1.807, 2.05) is 0 Å². The average molecular weight is 291 g/mol. The van der Waals surface area contributed by atoms with Crippen molar-refractivity contribution in [2.24, 2.45) is 0 Å². The molecule has 1 aliphatic heterocycles. The first-order valence-electron chi connectivity index (χ1n) is 6.87. The van der Waals surface area contributed by atoms with Crippen LogP contribution in [0.1, 0.15) is 12.6 Å². The van der Waals surface area contributed by atoms with Gasteiger partial charge in [0, 0.05) is 43.2 Å². The molecule has 1 saturated heterocycles. The second kappa shape index (κ2) is 5.99. The quantitative estimate of drug-likeness (QED) is 0.942. The highest BCUT2D eigenvalue weighted by Gasteiger charge is 2.16. The van der Waals surface area contributed by atoms with Crippen LogP contribution in [0.4, 0.5) is 4.39 Å². The van der Waals surface area contributed by atoms with E-state index in [9.17, 15) is 4.39 Å². The molecule has 0 radical (unpaired) electrons. The molecule has 0 aliphatic carbocycles. The summed E-state index contributed by atoms with van der Waals surface area (Å²) < 4.78 is 12.9. The van der Waals surface area contributed by atoms with Crippen molar-refractivity contribution in [3.8, 4) is 10.6 Å². The first-order valence-corrected chi connectivity index (χ1v) is 7.75. The van der Waals surface area contributed by atoms with Crippen LogP contribution >= 0.6 is 11.3 Å². The lowest BCUT2D eigenvalue weighted by Crippen LogP contribution is -2.48. The molecule has 0 saturated carbocycles. The van der Waals surface area contributed by atoms with Crippen molar-refractivity contribution in [3.63, 3.8) is 0 Å². The maximum absolute atomic E-state index is 12.9. The van der Waals surface area contributed by atoms with E-state index < -0.39 is 0 Å². The van der Waals surface area contributed by atoms with Gasteiger partial charge in [0.2, 0.25) is 0 Å². The van der Waals surface area contributed by atoms with Crippen LogP contribution in [0, 0.1) is 5.82 Å². The van der Waals surface area contributed by atoms with Gasteiger partial charge in [-0.1, -0.05) is 0 Å². The van der Waals surface area contributed by atoms with Crippen molar-refractivity contribution < 1.29 is 4.39 Å². The van der Waals surface area contributed by atoms with E-state index >= 15 is 0 Å². The van der Waals surface area contributed by atoms with E-state index in [0.29, 0.717) is 6.04 Å². The van der Waals surface area contributed by atoms with Crippen LogP contribution in [0.15, 0.2) is 29.6 Å². The molecule has 3 rings (SSSR count). The summed E-state index contributed by atoms with van der Waals surface area (Å²) in [6, 6.07) is 7.07. The Hall–Kier alpha value is -1.30. The SMILES string of the molecule is C[C@@H]1CN(Cc2csc(-c3ccc(F)cc3)n2)CCN1. The van der Waals surface area contributed by atoms with Crippen LogP contribution < -0.4 is 5.32 Å². The fourth-order valence-corrected chi connectivity index (χ4v) is 3.31. The van der Waals surface area contributed by atoms with Crippen LogP contribution in [-0.2, 0) is 6.54 Å². The molecule has 0 spiro atoms. The minimum absolute atomic E-state index is 0.208. The maximum Gasteiger partial charge on any atom is 0.123 e. The molecule has 1 fully saturated rings. The van der Waals surface area contributed by atoms with Crippen LogP contribution in [0.5, 0.6) is 0 Å². The molecule has 1 aromatic heterocycles. The smallest absolute Gasteiger partial charge is 0.123 e. The number of benzene rings is 1. The van der Waals surface area contributed by atoms with Gasteiger partial charge in [0.1, 0.15) is 10.8 Å². The van der Waals surface area contributed by atoms with E-state index in [1.54, 1.807) is 23.5 Å². The molecule has 3 nitrogen and oxygen atoms in total. The van der Waals surface area contributed by atoms with Gasteiger partial charge >= 0.3 is 0 Å². The number of piperazine rings is 1. The van der Waals surface area contributed by atoms with Crippen LogP contribution in [0.2, 0.25) is 0 Å². The molecule has 0 amide bonds. The Morgan fingerprint density at radius 2 is 2.20 bits per heavy atom. The molecule has 106 valence electrons. The van der Waals surface area contributed by atoms with Gasteiger partial charge in [-0.3, -0.25) is 4.90 Å². The number of nitrogens with one attached hydrogen (secondary N) is 1. The maximum atomic E-state index is 12.9. The summed E-state index contributed by atoms with van der Waals surface area (Å²) in [5.41, 5.74) is 2.08. The van der Waals surface area contributed by atoms with E-state index in [0.717, 1.165) is 42.4 Å². The predicted molar refractivity (Wildman–Crippen MR) is 80.2 cm³/mol. The third-order valence-electron chi connectivity index (χ3n) is 3.48. The molecule has 0 unspecified atom stereocenters. The van der Waals surface area contributed by atoms with E-state index in [1.165, 1.54) is 12.1 Å². The summed E-state index contributed by atoms with van der Waals surface area (Å²) in [6.45, 7) is 6.26. The second-order valence-corrected chi connectivity index (χ2v) is 6.10. The Morgan fingerprint density at radius 3 is 2.95 bits per heavy atom. The first kappa shape index (κ1) is 13.7. The lowest BCUT2D eigenvalue weighted by molar-refractivity contribution is 0.198. The van der Waals surface area contributed by atoms with E-state index in [4.69, 9.17) is 0 Å². The minimum atomic E-state index is -0.208. The fourth-order valence-electron chi connectivity index (χ4n) is 2.49. The lowest BCUT2D eigenvalue weighted by atomic mass is 10.2. The largest absolute Gasteiger partial charge is 0.312 e. The van der Waals surface area contributed by atoms with Gasteiger partial charge in [-0.2, -0.15) is 0 Å². The topological polar surface area (TPSA) is 28.2 Å². The van der Waals surface area contributed by atoms with Crippen molar-refractivity contribution >= 4 is 11.3 Å². The Balaban J connectivity index is 1.69. The number of hydrogen-bond donors (Lipinski definition) is 1. The zero-order valence-corrected chi connectivity index (χ0v) is 12.3. The van der Waals surface area contributed by atoms with Gasteiger partial charge in [-0.25, -0.2) is 9.37 Å². The number of rotatable bonds is 3.